The van der Waals surface area contributed by atoms with Crippen molar-refractivity contribution in [3.05, 3.63) is 47.5 Å². The Bertz CT molecular complexity index is 1010. The van der Waals surface area contributed by atoms with Crippen LogP contribution >= 0.6 is 0 Å². The van der Waals surface area contributed by atoms with Crippen molar-refractivity contribution in [1.82, 2.24) is 5.32 Å². The fraction of sp³-hybridized carbons (Fsp3) is 0.480. The molecule has 32 heavy (non-hydrogen) atoms. The predicted octanol–water partition coefficient (Wildman–Crippen LogP) is 3.24. The summed E-state index contributed by atoms with van der Waals surface area (Å²) in [7, 11) is 0. The molecule has 1 N–H and O–H groups in total. The predicted molar refractivity (Wildman–Crippen MR) is 121 cm³/mol. The SMILES string of the molecule is CC(C)OCCCNCCCN1C(=O)C2(COc3cc4c(cc32)OCO4)c2ccccc21. The van der Waals surface area contributed by atoms with Gasteiger partial charge in [0.15, 0.2) is 11.5 Å². The quantitative estimate of drug-likeness (QED) is 0.607. The Balaban J connectivity index is 1.29. The first-order chi connectivity index (χ1) is 15.6. The lowest BCUT2D eigenvalue weighted by molar-refractivity contribution is -0.122. The van der Waals surface area contributed by atoms with Crippen molar-refractivity contribution in [2.75, 3.05) is 44.5 Å². The van der Waals surface area contributed by atoms with Crippen molar-refractivity contribution in [2.24, 2.45) is 0 Å². The van der Waals surface area contributed by atoms with Gasteiger partial charge in [-0.1, -0.05) is 18.2 Å². The molecule has 2 aromatic rings. The average Bonchev–Trinajstić information content (AvgIpc) is 3.46. The monoisotopic (exact) mass is 438 g/mol. The van der Waals surface area contributed by atoms with Gasteiger partial charge in [-0.05, 0) is 57.5 Å². The fourth-order valence-electron chi connectivity index (χ4n) is 4.79. The molecule has 1 unspecified atom stereocenters. The van der Waals surface area contributed by atoms with Gasteiger partial charge in [-0.25, -0.2) is 0 Å². The lowest BCUT2D eigenvalue weighted by Crippen LogP contribution is -2.43. The molecule has 170 valence electrons. The highest BCUT2D eigenvalue weighted by Crippen LogP contribution is 2.54. The number of hydrogen-bond acceptors (Lipinski definition) is 6. The Labute approximate surface area is 188 Å². The van der Waals surface area contributed by atoms with Gasteiger partial charge in [-0.15, -0.1) is 0 Å². The number of ether oxygens (including phenoxy) is 4. The zero-order chi connectivity index (χ0) is 22.1. The fourth-order valence-corrected chi connectivity index (χ4v) is 4.79. The van der Waals surface area contributed by atoms with Crippen molar-refractivity contribution >= 4 is 11.6 Å². The van der Waals surface area contributed by atoms with Crippen LogP contribution in [-0.2, 0) is 14.9 Å². The molecule has 0 fully saturated rings. The number of para-hydroxylation sites is 1. The van der Waals surface area contributed by atoms with Gasteiger partial charge >= 0.3 is 0 Å². The van der Waals surface area contributed by atoms with Crippen molar-refractivity contribution in [3.8, 4) is 17.2 Å². The third-order valence-electron chi connectivity index (χ3n) is 6.33. The molecule has 0 aliphatic carbocycles. The second-order valence-electron chi connectivity index (χ2n) is 8.75. The first kappa shape index (κ1) is 21.1. The molecule has 0 bridgehead atoms. The molecule has 7 nitrogen and oxygen atoms in total. The van der Waals surface area contributed by atoms with E-state index in [9.17, 15) is 4.79 Å². The van der Waals surface area contributed by atoms with Gasteiger partial charge in [0.05, 0.1) is 6.10 Å². The number of nitrogens with zero attached hydrogens (tertiary/aromatic N) is 1. The van der Waals surface area contributed by atoms with Gasteiger partial charge in [-0.2, -0.15) is 0 Å². The number of fused-ring (bicyclic) bond motifs is 5. The zero-order valence-corrected chi connectivity index (χ0v) is 18.7. The number of carbonyl (C=O) groups excluding carboxylic acids is 1. The lowest BCUT2D eigenvalue weighted by atomic mass is 9.77. The topological polar surface area (TPSA) is 69.3 Å². The molecule has 2 aromatic carbocycles. The maximum absolute atomic E-state index is 13.9. The van der Waals surface area contributed by atoms with Crippen LogP contribution in [0.3, 0.4) is 0 Å². The highest BCUT2D eigenvalue weighted by atomic mass is 16.7. The van der Waals surface area contributed by atoms with Crippen LogP contribution in [0.2, 0.25) is 0 Å². The van der Waals surface area contributed by atoms with Crippen molar-refractivity contribution < 1.29 is 23.7 Å². The van der Waals surface area contributed by atoms with E-state index in [1.54, 1.807) is 0 Å². The Hall–Kier alpha value is -2.77. The van der Waals surface area contributed by atoms with E-state index in [0.29, 0.717) is 30.4 Å². The maximum atomic E-state index is 13.9. The molecule has 5 rings (SSSR count). The average molecular weight is 439 g/mol. The molecule has 1 spiro atoms. The summed E-state index contributed by atoms with van der Waals surface area (Å²) < 4.78 is 22.7. The van der Waals surface area contributed by atoms with E-state index in [1.165, 1.54) is 0 Å². The van der Waals surface area contributed by atoms with Gasteiger partial charge in [0.1, 0.15) is 17.8 Å². The molecule has 7 heteroatoms. The minimum atomic E-state index is -0.825. The Morgan fingerprint density at radius 1 is 1.03 bits per heavy atom. The molecule has 3 aliphatic heterocycles. The number of hydrogen-bond donors (Lipinski definition) is 1. The van der Waals surface area contributed by atoms with Gasteiger partial charge in [-0.3, -0.25) is 4.79 Å². The summed E-state index contributed by atoms with van der Waals surface area (Å²) >= 11 is 0. The summed E-state index contributed by atoms with van der Waals surface area (Å²) in [6.45, 7) is 7.78. The van der Waals surface area contributed by atoms with E-state index >= 15 is 0 Å². The van der Waals surface area contributed by atoms with Gasteiger partial charge in [0, 0.05) is 30.5 Å². The van der Waals surface area contributed by atoms with Gasteiger partial charge < -0.3 is 29.2 Å². The summed E-state index contributed by atoms with van der Waals surface area (Å²) in [4.78, 5) is 15.8. The summed E-state index contributed by atoms with van der Waals surface area (Å²) in [6, 6.07) is 11.8. The third kappa shape index (κ3) is 3.49. The number of rotatable bonds is 9. The molecule has 3 aliphatic rings. The molecule has 1 atom stereocenters. The van der Waals surface area contributed by atoms with E-state index in [-0.39, 0.29) is 18.8 Å². The molecule has 0 saturated carbocycles. The molecular weight excluding hydrogens is 408 g/mol. The van der Waals surface area contributed by atoms with E-state index in [1.807, 2.05) is 55.1 Å². The highest BCUT2D eigenvalue weighted by molar-refractivity contribution is 6.11. The maximum Gasteiger partial charge on any atom is 0.245 e. The number of anilines is 1. The van der Waals surface area contributed by atoms with Crippen molar-refractivity contribution in [3.63, 3.8) is 0 Å². The highest BCUT2D eigenvalue weighted by Gasteiger charge is 2.57. The van der Waals surface area contributed by atoms with Crippen LogP contribution in [-0.4, -0.2) is 51.7 Å². The number of benzene rings is 2. The van der Waals surface area contributed by atoms with E-state index < -0.39 is 5.41 Å². The number of carbonyl (C=O) groups is 1. The Morgan fingerprint density at radius 2 is 1.81 bits per heavy atom. The Morgan fingerprint density at radius 3 is 2.66 bits per heavy atom. The summed E-state index contributed by atoms with van der Waals surface area (Å²) in [5.41, 5.74) is 2.01. The molecule has 0 radical (unpaired) electrons. The van der Waals surface area contributed by atoms with E-state index in [0.717, 1.165) is 49.4 Å². The number of amides is 1. The second kappa shape index (κ2) is 8.64. The van der Waals surface area contributed by atoms with E-state index in [4.69, 9.17) is 18.9 Å². The first-order valence-electron chi connectivity index (χ1n) is 11.4. The normalized spacial score (nSPS) is 20.2. The minimum absolute atomic E-state index is 0.0710. The summed E-state index contributed by atoms with van der Waals surface area (Å²) in [5.74, 6) is 2.11. The third-order valence-corrected chi connectivity index (χ3v) is 6.33. The summed E-state index contributed by atoms with van der Waals surface area (Å²) in [5, 5.41) is 3.45. The minimum Gasteiger partial charge on any atom is -0.491 e. The van der Waals surface area contributed by atoms with Gasteiger partial charge in [0.25, 0.3) is 0 Å². The van der Waals surface area contributed by atoms with Crippen molar-refractivity contribution in [2.45, 2.75) is 38.2 Å². The molecule has 0 saturated heterocycles. The molecule has 3 heterocycles. The standard InChI is InChI=1S/C25H30N2O5/c1-17(2)29-12-6-10-26-9-5-11-27-20-8-4-3-7-18(20)25(24(27)28)15-30-21-14-23-22(13-19(21)25)31-16-32-23/h3-4,7-8,13-14,17,26H,5-6,9-12,15-16H2,1-2H3. The molecular formula is C25H30N2O5. The first-order valence-corrected chi connectivity index (χ1v) is 11.4. The van der Waals surface area contributed by atoms with Crippen LogP contribution in [0.15, 0.2) is 36.4 Å². The van der Waals surface area contributed by atoms with E-state index in [2.05, 4.69) is 5.32 Å². The van der Waals surface area contributed by atoms with Crippen LogP contribution in [0.4, 0.5) is 5.69 Å². The van der Waals surface area contributed by atoms with Gasteiger partial charge in [0.2, 0.25) is 12.7 Å². The van der Waals surface area contributed by atoms with Crippen LogP contribution in [0, 0.1) is 0 Å². The number of nitrogens with one attached hydrogen (secondary N) is 1. The van der Waals surface area contributed by atoms with Crippen LogP contribution < -0.4 is 24.4 Å². The van der Waals surface area contributed by atoms with Crippen LogP contribution in [0.25, 0.3) is 0 Å². The Kier molecular flexibility index (Phi) is 5.69. The molecule has 1 amide bonds. The smallest absolute Gasteiger partial charge is 0.245 e. The second-order valence-corrected chi connectivity index (χ2v) is 8.75. The molecule has 0 aromatic heterocycles. The largest absolute Gasteiger partial charge is 0.491 e. The van der Waals surface area contributed by atoms with Crippen LogP contribution in [0.5, 0.6) is 17.2 Å². The lowest BCUT2D eigenvalue weighted by Gasteiger charge is -2.23. The van der Waals surface area contributed by atoms with Crippen molar-refractivity contribution in [1.29, 1.82) is 0 Å². The zero-order valence-electron chi connectivity index (χ0n) is 18.7. The van der Waals surface area contributed by atoms with Crippen LogP contribution in [0.1, 0.15) is 37.8 Å². The summed E-state index contributed by atoms with van der Waals surface area (Å²) in [6.07, 6.45) is 2.13.